The highest BCUT2D eigenvalue weighted by molar-refractivity contribution is 5.89. The van der Waals surface area contributed by atoms with Crippen LogP contribution in [0.4, 0.5) is 0 Å². The number of amides is 1. The minimum atomic E-state index is -0.566. The van der Waals surface area contributed by atoms with Gasteiger partial charge in [0.2, 0.25) is 0 Å². The summed E-state index contributed by atoms with van der Waals surface area (Å²) in [7, 11) is 1.74. The summed E-state index contributed by atoms with van der Waals surface area (Å²) in [5.74, 6) is 0.943. The first-order valence-electron chi connectivity index (χ1n) is 8.51. The Morgan fingerprint density at radius 1 is 1.20 bits per heavy atom. The summed E-state index contributed by atoms with van der Waals surface area (Å²) in [5, 5.41) is 6.62. The van der Waals surface area contributed by atoms with Crippen LogP contribution in [0.2, 0.25) is 0 Å². The first-order chi connectivity index (χ1) is 12.1. The summed E-state index contributed by atoms with van der Waals surface area (Å²) in [6, 6.07) is 13.9. The van der Waals surface area contributed by atoms with Gasteiger partial charge in [-0.2, -0.15) is 0 Å². The lowest BCUT2D eigenvalue weighted by molar-refractivity contribution is 0.0972. The minimum Gasteiger partial charge on any atom is -0.454 e. The van der Waals surface area contributed by atoms with Crippen molar-refractivity contribution in [1.82, 2.24) is 10.6 Å². The lowest BCUT2D eigenvalue weighted by atomic mass is 9.64. The number of hydrogen-bond acceptors (Lipinski definition) is 3. The van der Waals surface area contributed by atoms with Crippen LogP contribution in [-0.2, 0) is 12.0 Å². The van der Waals surface area contributed by atoms with Crippen LogP contribution in [0.3, 0.4) is 0 Å². The average Bonchev–Trinajstić information content (AvgIpc) is 3.07. The third-order valence-corrected chi connectivity index (χ3v) is 4.85. The van der Waals surface area contributed by atoms with E-state index in [0.717, 1.165) is 6.54 Å². The van der Waals surface area contributed by atoms with Gasteiger partial charge in [-0.1, -0.05) is 36.8 Å². The van der Waals surface area contributed by atoms with Crippen LogP contribution in [-0.4, -0.2) is 25.5 Å². The fraction of sp³-hybridized carbons (Fsp3) is 0.368. The molecule has 6 heteroatoms. The highest BCUT2D eigenvalue weighted by Gasteiger charge is 2.38. The molecule has 4 N–H and O–H groups in total. The van der Waals surface area contributed by atoms with Crippen molar-refractivity contribution in [3.05, 3.63) is 59.5 Å². The Morgan fingerprint density at radius 2 is 1.96 bits per heavy atom. The number of nitrogens with two attached hydrogens (primary N) is 1. The zero-order chi connectivity index (χ0) is 17.7. The minimum absolute atomic E-state index is 0.164. The molecule has 0 bridgehead atoms. The lowest BCUT2D eigenvalue weighted by Gasteiger charge is -2.43. The van der Waals surface area contributed by atoms with Crippen molar-refractivity contribution >= 4 is 11.9 Å². The van der Waals surface area contributed by atoms with Crippen molar-refractivity contribution in [3.63, 3.8) is 0 Å². The van der Waals surface area contributed by atoms with E-state index in [1.54, 1.807) is 19.2 Å². The number of aliphatic imine (C=N–C) groups is 1. The maximum atomic E-state index is 11.1. The number of carbonyl (C=O) groups excluding carboxylic acids is 1. The normalized spacial score (nSPS) is 16.1. The smallest absolute Gasteiger partial charge is 0.284 e. The van der Waals surface area contributed by atoms with E-state index in [-0.39, 0.29) is 11.2 Å². The molecular formula is C19H24N4O2. The summed E-state index contributed by atoms with van der Waals surface area (Å²) in [5.41, 5.74) is 6.75. The van der Waals surface area contributed by atoms with Gasteiger partial charge < -0.3 is 20.8 Å². The number of furan rings is 1. The lowest BCUT2D eigenvalue weighted by Crippen LogP contribution is -2.48. The molecule has 0 atom stereocenters. The van der Waals surface area contributed by atoms with Gasteiger partial charge in [0.25, 0.3) is 5.91 Å². The van der Waals surface area contributed by atoms with Crippen LogP contribution < -0.4 is 16.4 Å². The molecule has 6 nitrogen and oxygen atoms in total. The van der Waals surface area contributed by atoms with Gasteiger partial charge >= 0.3 is 0 Å². The molecule has 0 unspecified atom stereocenters. The molecule has 0 saturated heterocycles. The van der Waals surface area contributed by atoms with Gasteiger partial charge in [-0.15, -0.1) is 0 Å². The summed E-state index contributed by atoms with van der Waals surface area (Å²) >= 11 is 0. The average molecular weight is 340 g/mol. The van der Waals surface area contributed by atoms with E-state index in [2.05, 4.69) is 39.9 Å². The molecule has 1 aliphatic rings. The van der Waals surface area contributed by atoms with E-state index in [1.807, 2.05) is 6.07 Å². The molecule has 1 aromatic carbocycles. The Bertz CT molecular complexity index is 748. The van der Waals surface area contributed by atoms with Crippen molar-refractivity contribution in [3.8, 4) is 0 Å². The van der Waals surface area contributed by atoms with Gasteiger partial charge in [0.05, 0.1) is 6.54 Å². The molecule has 1 fully saturated rings. The summed E-state index contributed by atoms with van der Waals surface area (Å²) in [6.45, 7) is 1.27. The predicted molar refractivity (Wildman–Crippen MR) is 97.4 cm³/mol. The number of primary amides is 1. The molecule has 1 saturated carbocycles. The fourth-order valence-electron chi connectivity index (χ4n) is 3.21. The molecule has 0 aliphatic heterocycles. The van der Waals surface area contributed by atoms with Gasteiger partial charge in [-0.25, -0.2) is 0 Å². The van der Waals surface area contributed by atoms with Gasteiger partial charge in [-0.05, 0) is 30.5 Å². The van der Waals surface area contributed by atoms with E-state index in [0.29, 0.717) is 18.3 Å². The van der Waals surface area contributed by atoms with Gasteiger partial charge in [0, 0.05) is 19.0 Å². The number of benzene rings is 1. The standard InChI is InChI=1S/C19H24N4O2/c1-21-18(22-12-15-8-9-16(25-15)17(20)24)23-13-19(10-5-11-19)14-6-3-2-4-7-14/h2-4,6-9H,5,10-13H2,1H3,(H2,20,24)(H2,21,22,23). The van der Waals surface area contributed by atoms with Crippen molar-refractivity contribution in [2.45, 2.75) is 31.2 Å². The van der Waals surface area contributed by atoms with E-state index >= 15 is 0 Å². The number of guanidine groups is 1. The maximum absolute atomic E-state index is 11.1. The third-order valence-electron chi connectivity index (χ3n) is 4.85. The Kier molecular flexibility index (Phi) is 5.07. The topological polar surface area (TPSA) is 92.6 Å². The van der Waals surface area contributed by atoms with Crippen LogP contribution in [0.1, 0.15) is 41.1 Å². The first-order valence-corrected chi connectivity index (χ1v) is 8.51. The van der Waals surface area contributed by atoms with Crippen LogP contribution in [0.15, 0.2) is 51.9 Å². The zero-order valence-electron chi connectivity index (χ0n) is 14.4. The molecule has 2 aromatic rings. The van der Waals surface area contributed by atoms with Crippen molar-refractivity contribution in [2.75, 3.05) is 13.6 Å². The van der Waals surface area contributed by atoms with Crippen LogP contribution in [0.25, 0.3) is 0 Å². The molecule has 0 spiro atoms. The van der Waals surface area contributed by atoms with Crippen LogP contribution in [0.5, 0.6) is 0 Å². The Balaban J connectivity index is 1.56. The summed E-state index contributed by atoms with van der Waals surface area (Å²) < 4.78 is 5.37. The monoisotopic (exact) mass is 340 g/mol. The second-order valence-corrected chi connectivity index (χ2v) is 6.41. The van der Waals surface area contributed by atoms with E-state index < -0.39 is 5.91 Å². The Hall–Kier alpha value is -2.76. The van der Waals surface area contributed by atoms with Crippen molar-refractivity contribution in [2.24, 2.45) is 10.7 Å². The number of nitrogens with zero attached hydrogens (tertiary/aromatic N) is 1. The number of rotatable bonds is 6. The molecule has 1 aliphatic carbocycles. The second kappa shape index (κ2) is 7.42. The third kappa shape index (κ3) is 3.84. The second-order valence-electron chi connectivity index (χ2n) is 6.41. The molecule has 25 heavy (non-hydrogen) atoms. The van der Waals surface area contributed by atoms with Gasteiger partial charge in [0.15, 0.2) is 11.7 Å². The highest BCUT2D eigenvalue weighted by Crippen LogP contribution is 2.43. The highest BCUT2D eigenvalue weighted by atomic mass is 16.3. The molecule has 1 heterocycles. The summed E-state index contributed by atoms with van der Waals surface area (Å²) in [4.78, 5) is 15.3. The number of nitrogens with one attached hydrogen (secondary N) is 2. The molecule has 3 rings (SSSR count). The largest absolute Gasteiger partial charge is 0.454 e. The fourth-order valence-corrected chi connectivity index (χ4v) is 3.21. The molecular weight excluding hydrogens is 316 g/mol. The number of carbonyl (C=O) groups is 1. The predicted octanol–water partition coefficient (Wildman–Crippen LogP) is 2.17. The quantitative estimate of drug-likeness (QED) is 0.555. The van der Waals surface area contributed by atoms with E-state index in [9.17, 15) is 4.79 Å². The van der Waals surface area contributed by atoms with Crippen LogP contribution in [0, 0.1) is 0 Å². The van der Waals surface area contributed by atoms with E-state index in [1.165, 1.54) is 24.8 Å². The SMILES string of the molecule is CN=C(NCc1ccc(C(N)=O)o1)NCC1(c2ccccc2)CCC1. The molecule has 0 radical (unpaired) electrons. The Morgan fingerprint density at radius 3 is 2.52 bits per heavy atom. The van der Waals surface area contributed by atoms with Gasteiger partial charge in [-0.3, -0.25) is 9.79 Å². The zero-order valence-corrected chi connectivity index (χ0v) is 14.4. The van der Waals surface area contributed by atoms with Crippen molar-refractivity contribution < 1.29 is 9.21 Å². The van der Waals surface area contributed by atoms with Gasteiger partial charge in [0.1, 0.15) is 5.76 Å². The van der Waals surface area contributed by atoms with Crippen molar-refractivity contribution in [1.29, 1.82) is 0 Å². The molecule has 1 amide bonds. The van der Waals surface area contributed by atoms with E-state index in [4.69, 9.17) is 10.2 Å². The molecule has 1 aromatic heterocycles. The number of hydrogen-bond donors (Lipinski definition) is 3. The first kappa shape index (κ1) is 17.1. The van der Waals surface area contributed by atoms with Crippen LogP contribution >= 0.6 is 0 Å². The Labute approximate surface area is 147 Å². The maximum Gasteiger partial charge on any atom is 0.284 e. The molecule has 132 valence electrons. The summed E-state index contributed by atoms with van der Waals surface area (Å²) in [6.07, 6.45) is 3.62.